The van der Waals surface area contributed by atoms with Gasteiger partial charge >= 0.3 is 0 Å². The molecule has 0 spiro atoms. The second-order valence-electron chi connectivity index (χ2n) is 6.68. The zero-order valence-corrected chi connectivity index (χ0v) is 19.3. The Bertz CT molecular complexity index is 1150. The fraction of sp³-hybridized carbons (Fsp3) is 0.217. The van der Waals surface area contributed by atoms with Crippen molar-refractivity contribution in [3.63, 3.8) is 0 Å². The predicted octanol–water partition coefficient (Wildman–Crippen LogP) is 3.19. The number of amides is 2. The summed E-state index contributed by atoms with van der Waals surface area (Å²) in [6.45, 7) is 0.387. The van der Waals surface area contributed by atoms with Crippen LogP contribution in [0.4, 0.5) is 5.13 Å². The van der Waals surface area contributed by atoms with Crippen LogP contribution in [0.1, 0.15) is 20.9 Å². The SMILES string of the molecule is COc1cccc(C(=O)NCCc2nnc(NC(=O)/C=C/c3ccc(OC)c(OC)c3)s2)c1. The van der Waals surface area contributed by atoms with Gasteiger partial charge in [-0.25, -0.2) is 0 Å². The van der Waals surface area contributed by atoms with E-state index >= 15 is 0 Å². The van der Waals surface area contributed by atoms with E-state index in [0.717, 1.165) is 5.56 Å². The average molecular weight is 469 g/mol. The minimum atomic E-state index is -0.334. The predicted molar refractivity (Wildman–Crippen MR) is 126 cm³/mol. The topological polar surface area (TPSA) is 112 Å². The van der Waals surface area contributed by atoms with Gasteiger partial charge in [-0.2, -0.15) is 0 Å². The molecule has 2 amide bonds. The average Bonchev–Trinajstić information content (AvgIpc) is 3.29. The minimum Gasteiger partial charge on any atom is -0.497 e. The number of carbonyl (C=O) groups excluding carboxylic acids is 2. The molecule has 0 bridgehead atoms. The lowest BCUT2D eigenvalue weighted by atomic mass is 10.2. The molecule has 1 aromatic heterocycles. The Kier molecular flexibility index (Phi) is 8.36. The van der Waals surface area contributed by atoms with E-state index in [4.69, 9.17) is 14.2 Å². The second kappa shape index (κ2) is 11.6. The van der Waals surface area contributed by atoms with Gasteiger partial charge in [0.25, 0.3) is 5.91 Å². The van der Waals surface area contributed by atoms with Crippen molar-refractivity contribution in [1.82, 2.24) is 15.5 Å². The fourth-order valence-corrected chi connectivity index (χ4v) is 3.57. The van der Waals surface area contributed by atoms with Crippen molar-refractivity contribution in [2.75, 3.05) is 33.2 Å². The first-order valence-corrected chi connectivity index (χ1v) is 10.8. The van der Waals surface area contributed by atoms with Gasteiger partial charge < -0.3 is 19.5 Å². The lowest BCUT2D eigenvalue weighted by Gasteiger charge is -2.07. The summed E-state index contributed by atoms with van der Waals surface area (Å²) in [5, 5.41) is 14.6. The van der Waals surface area contributed by atoms with E-state index in [1.807, 2.05) is 6.07 Å². The third kappa shape index (κ3) is 6.78. The third-order valence-electron chi connectivity index (χ3n) is 4.49. The summed E-state index contributed by atoms with van der Waals surface area (Å²) in [5.41, 5.74) is 1.30. The van der Waals surface area contributed by atoms with Crippen molar-refractivity contribution < 1.29 is 23.8 Å². The molecule has 0 aliphatic heterocycles. The number of nitrogens with zero attached hydrogens (tertiary/aromatic N) is 2. The van der Waals surface area contributed by atoms with Crippen LogP contribution in [0, 0.1) is 0 Å². The highest BCUT2D eigenvalue weighted by Gasteiger charge is 2.09. The Morgan fingerprint density at radius 3 is 2.58 bits per heavy atom. The molecule has 0 unspecified atom stereocenters. The van der Waals surface area contributed by atoms with Gasteiger partial charge in [-0.05, 0) is 42.0 Å². The summed E-state index contributed by atoms with van der Waals surface area (Å²) in [6, 6.07) is 12.3. The van der Waals surface area contributed by atoms with Gasteiger partial charge in [0.2, 0.25) is 11.0 Å². The van der Waals surface area contributed by atoms with Crippen LogP contribution in [0.15, 0.2) is 48.5 Å². The molecule has 172 valence electrons. The summed E-state index contributed by atoms with van der Waals surface area (Å²) < 4.78 is 15.6. The summed E-state index contributed by atoms with van der Waals surface area (Å²) in [4.78, 5) is 24.4. The quantitative estimate of drug-likeness (QED) is 0.440. The van der Waals surface area contributed by atoms with Crippen LogP contribution >= 0.6 is 11.3 Å². The number of aromatic nitrogens is 2. The molecular weight excluding hydrogens is 444 g/mol. The van der Waals surface area contributed by atoms with Gasteiger partial charge in [0.15, 0.2) is 11.5 Å². The standard InChI is InChI=1S/C23H24N4O5S/c1-30-17-6-4-5-16(14-17)22(29)24-12-11-21-26-27-23(33-21)25-20(28)10-8-15-7-9-18(31-2)19(13-15)32-3/h4-10,13-14H,11-12H2,1-3H3,(H,24,29)(H,25,27,28)/b10-8+. The molecule has 33 heavy (non-hydrogen) atoms. The first-order chi connectivity index (χ1) is 16.0. The van der Waals surface area contributed by atoms with Gasteiger partial charge in [0.1, 0.15) is 10.8 Å². The van der Waals surface area contributed by atoms with Crippen molar-refractivity contribution in [3.8, 4) is 17.2 Å². The Morgan fingerprint density at radius 1 is 1.00 bits per heavy atom. The molecule has 9 nitrogen and oxygen atoms in total. The van der Waals surface area contributed by atoms with Crippen LogP contribution in [0.25, 0.3) is 6.08 Å². The van der Waals surface area contributed by atoms with E-state index < -0.39 is 0 Å². The second-order valence-corrected chi connectivity index (χ2v) is 7.74. The Hall–Kier alpha value is -3.92. The number of hydrogen-bond acceptors (Lipinski definition) is 8. The number of rotatable bonds is 10. The van der Waals surface area contributed by atoms with Crippen molar-refractivity contribution in [2.45, 2.75) is 6.42 Å². The highest BCUT2D eigenvalue weighted by Crippen LogP contribution is 2.28. The van der Waals surface area contributed by atoms with Crippen LogP contribution in [0.3, 0.4) is 0 Å². The van der Waals surface area contributed by atoms with Crippen LogP contribution in [0.5, 0.6) is 17.2 Å². The maximum Gasteiger partial charge on any atom is 0.251 e. The summed E-state index contributed by atoms with van der Waals surface area (Å²) in [6.07, 6.45) is 3.55. The Labute approximate surface area is 195 Å². The lowest BCUT2D eigenvalue weighted by Crippen LogP contribution is -2.25. The zero-order chi connectivity index (χ0) is 23.6. The monoisotopic (exact) mass is 468 g/mol. The molecule has 0 aliphatic carbocycles. The molecule has 0 radical (unpaired) electrons. The van der Waals surface area contributed by atoms with E-state index in [-0.39, 0.29) is 11.8 Å². The number of nitrogens with one attached hydrogen (secondary N) is 2. The van der Waals surface area contributed by atoms with Gasteiger partial charge in [0, 0.05) is 24.6 Å². The van der Waals surface area contributed by atoms with Crippen molar-refractivity contribution in [2.24, 2.45) is 0 Å². The lowest BCUT2D eigenvalue weighted by molar-refractivity contribution is -0.111. The summed E-state index contributed by atoms with van der Waals surface area (Å²) >= 11 is 1.25. The normalized spacial score (nSPS) is 10.6. The highest BCUT2D eigenvalue weighted by molar-refractivity contribution is 7.15. The Balaban J connectivity index is 1.48. The summed E-state index contributed by atoms with van der Waals surface area (Å²) in [5.74, 6) is 1.27. The molecule has 3 aromatic rings. The first-order valence-electron chi connectivity index (χ1n) is 9.98. The number of carbonyl (C=O) groups is 2. The van der Waals surface area contributed by atoms with Gasteiger partial charge in [-0.1, -0.05) is 23.5 Å². The third-order valence-corrected chi connectivity index (χ3v) is 5.39. The van der Waals surface area contributed by atoms with E-state index in [9.17, 15) is 9.59 Å². The zero-order valence-electron chi connectivity index (χ0n) is 18.5. The number of methoxy groups -OCH3 is 3. The van der Waals surface area contributed by atoms with Crippen molar-refractivity contribution in [3.05, 3.63) is 64.7 Å². The molecule has 2 aromatic carbocycles. The van der Waals surface area contributed by atoms with Gasteiger partial charge in [-0.15, -0.1) is 10.2 Å². The van der Waals surface area contributed by atoms with Crippen LogP contribution in [-0.4, -0.2) is 49.9 Å². The van der Waals surface area contributed by atoms with E-state index in [1.54, 1.807) is 63.8 Å². The molecule has 0 aliphatic rings. The van der Waals surface area contributed by atoms with Crippen LogP contribution < -0.4 is 24.8 Å². The molecule has 0 atom stereocenters. The number of hydrogen-bond donors (Lipinski definition) is 2. The molecule has 0 fully saturated rings. The van der Waals surface area contributed by atoms with Crippen molar-refractivity contribution in [1.29, 1.82) is 0 Å². The maximum absolute atomic E-state index is 12.2. The minimum absolute atomic E-state index is 0.202. The number of anilines is 1. The smallest absolute Gasteiger partial charge is 0.251 e. The van der Waals surface area contributed by atoms with Crippen LogP contribution in [-0.2, 0) is 11.2 Å². The van der Waals surface area contributed by atoms with Crippen LogP contribution in [0.2, 0.25) is 0 Å². The maximum atomic E-state index is 12.2. The highest BCUT2D eigenvalue weighted by atomic mass is 32.1. The van der Waals surface area contributed by atoms with E-state index in [0.29, 0.717) is 45.9 Å². The van der Waals surface area contributed by atoms with E-state index in [1.165, 1.54) is 17.4 Å². The summed E-state index contributed by atoms with van der Waals surface area (Å²) in [7, 11) is 4.66. The molecular formula is C23H24N4O5S. The first kappa shape index (κ1) is 23.7. The molecule has 3 rings (SSSR count). The fourth-order valence-electron chi connectivity index (χ4n) is 2.83. The van der Waals surface area contributed by atoms with Gasteiger partial charge in [0.05, 0.1) is 21.3 Å². The molecule has 1 heterocycles. The Morgan fingerprint density at radius 2 is 1.82 bits per heavy atom. The largest absolute Gasteiger partial charge is 0.497 e. The number of ether oxygens (including phenoxy) is 3. The molecule has 0 saturated heterocycles. The molecule has 2 N–H and O–H groups in total. The molecule has 0 saturated carbocycles. The van der Waals surface area contributed by atoms with Crippen molar-refractivity contribution >= 4 is 34.4 Å². The molecule has 10 heteroatoms. The van der Waals surface area contributed by atoms with Gasteiger partial charge in [-0.3, -0.25) is 14.9 Å². The number of benzene rings is 2. The van der Waals surface area contributed by atoms with E-state index in [2.05, 4.69) is 20.8 Å².